The van der Waals surface area contributed by atoms with Crippen molar-refractivity contribution in [3.05, 3.63) is 29.8 Å². The van der Waals surface area contributed by atoms with Crippen LogP contribution >= 0.6 is 12.4 Å². The number of hydrogen-bond acceptors (Lipinski definition) is 4. The van der Waals surface area contributed by atoms with E-state index in [1.165, 1.54) is 0 Å². The number of rotatable bonds is 5. The highest BCUT2D eigenvalue weighted by atomic mass is 35.5. The molecule has 0 aromatic heterocycles. The van der Waals surface area contributed by atoms with Crippen LogP contribution < -0.4 is 16.0 Å². The molecule has 1 saturated heterocycles. The number of nitrogens with one attached hydrogen (secondary N) is 3. The van der Waals surface area contributed by atoms with E-state index in [0.29, 0.717) is 30.1 Å². The normalized spacial score (nSPS) is 19.0. The molecule has 0 spiro atoms. The first kappa shape index (κ1) is 18.7. The van der Waals surface area contributed by atoms with E-state index in [1.807, 2.05) is 0 Å². The van der Waals surface area contributed by atoms with Crippen molar-refractivity contribution in [2.45, 2.75) is 37.3 Å². The van der Waals surface area contributed by atoms with Crippen molar-refractivity contribution in [2.24, 2.45) is 0 Å². The lowest BCUT2D eigenvalue weighted by Gasteiger charge is -2.34. The Bertz CT molecular complexity index is 581. The Hall–Kier alpha value is -1.63. The Morgan fingerprint density at radius 1 is 1.17 bits per heavy atom. The largest absolute Gasteiger partial charge is 0.368 e. The van der Waals surface area contributed by atoms with Crippen LogP contribution in [0.4, 0.5) is 5.69 Å². The van der Waals surface area contributed by atoms with Gasteiger partial charge in [-0.25, -0.2) is 0 Å². The minimum absolute atomic E-state index is 0. The predicted molar refractivity (Wildman–Crippen MR) is 94.7 cm³/mol. The number of piperidine rings is 1. The maximum absolute atomic E-state index is 12.5. The quantitative estimate of drug-likeness (QED) is 0.753. The third-order valence-electron chi connectivity index (χ3n) is 4.53. The molecule has 0 unspecified atom stereocenters. The van der Waals surface area contributed by atoms with Gasteiger partial charge in [-0.1, -0.05) is 0 Å². The molecule has 3 N–H and O–H groups in total. The molecule has 3 rings (SSSR count). The number of ether oxygens (including phenoxy) is 1. The molecule has 6 nitrogen and oxygen atoms in total. The fraction of sp³-hybridized carbons (Fsp3) is 0.529. The van der Waals surface area contributed by atoms with Crippen LogP contribution in [0.3, 0.4) is 0 Å². The molecular weight excluding hydrogens is 330 g/mol. The average Bonchev–Trinajstić information content (AvgIpc) is 3.40. The fourth-order valence-corrected chi connectivity index (χ4v) is 2.80. The minimum Gasteiger partial charge on any atom is -0.368 e. The third kappa shape index (κ3) is 4.26. The van der Waals surface area contributed by atoms with E-state index in [-0.39, 0.29) is 24.2 Å². The van der Waals surface area contributed by atoms with Gasteiger partial charge in [-0.2, -0.15) is 0 Å². The molecule has 1 aliphatic carbocycles. The van der Waals surface area contributed by atoms with Gasteiger partial charge in [0, 0.05) is 24.4 Å². The van der Waals surface area contributed by atoms with Crippen LogP contribution in [0.15, 0.2) is 24.3 Å². The van der Waals surface area contributed by atoms with Gasteiger partial charge < -0.3 is 20.7 Å². The smallest absolute Gasteiger partial charge is 0.256 e. The second kappa shape index (κ2) is 7.96. The molecular formula is C17H24ClN3O3. The molecule has 0 atom stereocenters. The van der Waals surface area contributed by atoms with Gasteiger partial charge in [0.05, 0.1) is 0 Å². The van der Waals surface area contributed by atoms with Crippen LogP contribution in [0.2, 0.25) is 0 Å². The summed E-state index contributed by atoms with van der Waals surface area (Å²) in [7, 11) is 1.58. The van der Waals surface area contributed by atoms with Crippen LogP contribution in [0.1, 0.15) is 36.0 Å². The standard InChI is InChI=1S/C17H23N3O3.ClH/c1-23-17(8-10-18-11-9-17)16(22)20-14-4-2-12(3-5-14)15(21)19-13-6-7-13;/h2-5,13,18H,6-11H2,1H3,(H,19,21)(H,20,22);1H. The van der Waals surface area contributed by atoms with Crippen molar-refractivity contribution in [1.82, 2.24) is 10.6 Å². The first-order chi connectivity index (χ1) is 11.1. The molecule has 7 heteroatoms. The second-order valence-electron chi connectivity index (χ2n) is 6.23. The van der Waals surface area contributed by atoms with E-state index >= 15 is 0 Å². The van der Waals surface area contributed by atoms with Crippen LogP contribution in [0.25, 0.3) is 0 Å². The predicted octanol–water partition coefficient (Wildman–Crippen LogP) is 1.71. The molecule has 1 aromatic rings. The van der Waals surface area contributed by atoms with Crippen molar-refractivity contribution in [3.63, 3.8) is 0 Å². The number of carbonyl (C=O) groups excluding carboxylic acids is 2. The Labute approximate surface area is 148 Å². The molecule has 2 amide bonds. The van der Waals surface area contributed by atoms with Gasteiger partial charge in [-0.15, -0.1) is 12.4 Å². The summed E-state index contributed by atoms with van der Waals surface area (Å²) in [6.07, 6.45) is 3.43. The Morgan fingerprint density at radius 2 is 1.79 bits per heavy atom. The van der Waals surface area contributed by atoms with E-state index in [4.69, 9.17) is 4.74 Å². The van der Waals surface area contributed by atoms with E-state index < -0.39 is 5.60 Å². The summed E-state index contributed by atoms with van der Waals surface area (Å²) in [6, 6.07) is 7.31. The third-order valence-corrected chi connectivity index (χ3v) is 4.53. The number of halogens is 1. The summed E-state index contributed by atoms with van der Waals surface area (Å²) < 4.78 is 5.51. The zero-order valence-electron chi connectivity index (χ0n) is 13.8. The van der Waals surface area contributed by atoms with Gasteiger partial charge in [0.15, 0.2) is 0 Å². The first-order valence-corrected chi connectivity index (χ1v) is 8.11. The van der Waals surface area contributed by atoms with Crippen LogP contribution in [0.5, 0.6) is 0 Å². The summed E-state index contributed by atoms with van der Waals surface area (Å²) in [6.45, 7) is 1.53. The lowest BCUT2D eigenvalue weighted by Crippen LogP contribution is -2.51. The lowest BCUT2D eigenvalue weighted by atomic mass is 9.91. The number of amides is 2. The molecule has 0 bridgehead atoms. The molecule has 2 fully saturated rings. The van der Waals surface area contributed by atoms with Gasteiger partial charge in [0.25, 0.3) is 11.8 Å². The molecule has 2 aliphatic rings. The topological polar surface area (TPSA) is 79.5 Å². The zero-order chi connectivity index (χ0) is 16.3. The van der Waals surface area contributed by atoms with Crippen molar-refractivity contribution >= 4 is 29.9 Å². The molecule has 1 heterocycles. The zero-order valence-corrected chi connectivity index (χ0v) is 14.6. The molecule has 24 heavy (non-hydrogen) atoms. The van der Waals surface area contributed by atoms with Crippen LogP contribution in [-0.4, -0.2) is 43.7 Å². The lowest BCUT2D eigenvalue weighted by molar-refractivity contribution is -0.140. The Balaban J connectivity index is 0.00000208. The highest BCUT2D eigenvalue weighted by Gasteiger charge is 2.39. The van der Waals surface area contributed by atoms with Crippen molar-refractivity contribution in [3.8, 4) is 0 Å². The summed E-state index contributed by atoms with van der Waals surface area (Å²) in [5, 5.41) is 9.07. The fourth-order valence-electron chi connectivity index (χ4n) is 2.80. The maximum Gasteiger partial charge on any atom is 0.256 e. The summed E-state index contributed by atoms with van der Waals surface area (Å²) >= 11 is 0. The van der Waals surface area contributed by atoms with Gasteiger partial charge in [-0.3, -0.25) is 9.59 Å². The summed E-state index contributed by atoms with van der Waals surface area (Å²) in [5.74, 6) is -0.186. The number of benzene rings is 1. The number of hydrogen-bond donors (Lipinski definition) is 3. The maximum atomic E-state index is 12.5. The first-order valence-electron chi connectivity index (χ1n) is 8.11. The van der Waals surface area contributed by atoms with Gasteiger partial charge in [0.1, 0.15) is 5.60 Å². The van der Waals surface area contributed by atoms with Crippen LogP contribution in [-0.2, 0) is 9.53 Å². The van der Waals surface area contributed by atoms with Crippen molar-refractivity contribution in [2.75, 3.05) is 25.5 Å². The summed E-state index contributed by atoms with van der Waals surface area (Å²) in [4.78, 5) is 24.5. The van der Waals surface area contributed by atoms with Gasteiger partial charge in [0.2, 0.25) is 0 Å². The molecule has 132 valence electrons. The number of carbonyl (C=O) groups is 2. The van der Waals surface area contributed by atoms with Gasteiger partial charge >= 0.3 is 0 Å². The molecule has 0 radical (unpaired) electrons. The Kier molecular flexibility index (Phi) is 6.21. The monoisotopic (exact) mass is 353 g/mol. The van der Waals surface area contributed by atoms with E-state index in [2.05, 4.69) is 16.0 Å². The molecule has 1 saturated carbocycles. The number of anilines is 1. The second-order valence-corrected chi connectivity index (χ2v) is 6.23. The SMILES string of the molecule is COC1(C(=O)Nc2ccc(C(=O)NC3CC3)cc2)CCNCC1.Cl. The Morgan fingerprint density at radius 3 is 2.33 bits per heavy atom. The minimum atomic E-state index is -0.771. The molecule has 1 aliphatic heterocycles. The number of methoxy groups -OCH3 is 1. The van der Waals surface area contributed by atoms with E-state index in [1.54, 1.807) is 31.4 Å². The van der Waals surface area contributed by atoms with Crippen molar-refractivity contribution < 1.29 is 14.3 Å². The van der Waals surface area contributed by atoms with E-state index in [0.717, 1.165) is 25.9 Å². The van der Waals surface area contributed by atoms with Crippen LogP contribution in [0, 0.1) is 0 Å². The average molecular weight is 354 g/mol. The summed E-state index contributed by atoms with van der Waals surface area (Å²) in [5.41, 5.74) is 0.513. The highest BCUT2D eigenvalue weighted by Crippen LogP contribution is 2.25. The van der Waals surface area contributed by atoms with Gasteiger partial charge in [-0.05, 0) is 63.0 Å². The van der Waals surface area contributed by atoms with E-state index in [9.17, 15) is 9.59 Å². The van der Waals surface area contributed by atoms with Crippen molar-refractivity contribution in [1.29, 1.82) is 0 Å². The highest BCUT2D eigenvalue weighted by molar-refractivity contribution is 5.98. The molecule has 1 aromatic carbocycles.